The van der Waals surface area contributed by atoms with E-state index in [0.717, 1.165) is 22.5 Å². The SMILES string of the molecule is Cc1cc(C)c(Nc2ccc(C(=O)N3CCOCC3)nc2)c(Cl)c1. The lowest BCUT2D eigenvalue weighted by Crippen LogP contribution is -2.41. The number of hydrogen-bond acceptors (Lipinski definition) is 4. The van der Waals surface area contributed by atoms with E-state index in [1.165, 1.54) is 0 Å². The van der Waals surface area contributed by atoms with E-state index in [1.54, 1.807) is 17.2 Å². The van der Waals surface area contributed by atoms with Crippen LogP contribution < -0.4 is 5.32 Å². The van der Waals surface area contributed by atoms with Crippen LogP contribution in [0.3, 0.4) is 0 Å². The predicted molar refractivity (Wildman–Crippen MR) is 95.2 cm³/mol. The van der Waals surface area contributed by atoms with Crippen molar-refractivity contribution < 1.29 is 9.53 Å². The van der Waals surface area contributed by atoms with Crippen LogP contribution in [0.15, 0.2) is 30.5 Å². The number of benzene rings is 1. The molecule has 1 N–H and O–H groups in total. The van der Waals surface area contributed by atoms with Gasteiger partial charge < -0.3 is 15.0 Å². The maximum Gasteiger partial charge on any atom is 0.272 e. The molecule has 5 nitrogen and oxygen atoms in total. The summed E-state index contributed by atoms with van der Waals surface area (Å²) >= 11 is 6.31. The summed E-state index contributed by atoms with van der Waals surface area (Å²) in [5.41, 5.74) is 4.27. The third kappa shape index (κ3) is 3.68. The second-order valence-corrected chi connectivity index (χ2v) is 6.31. The molecular weight excluding hydrogens is 326 g/mol. The van der Waals surface area contributed by atoms with E-state index in [1.807, 2.05) is 26.0 Å². The van der Waals surface area contributed by atoms with Gasteiger partial charge in [-0.3, -0.25) is 4.79 Å². The van der Waals surface area contributed by atoms with Crippen molar-refractivity contribution in [3.8, 4) is 0 Å². The molecule has 0 unspecified atom stereocenters. The molecule has 1 amide bonds. The number of aryl methyl sites for hydroxylation is 2. The number of nitrogens with one attached hydrogen (secondary N) is 1. The van der Waals surface area contributed by atoms with Crippen molar-refractivity contribution in [2.24, 2.45) is 0 Å². The number of carbonyl (C=O) groups excluding carboxylic acids is 1. The van der Waals surface area contributed by atoms with Crippen molar-refractivity contribution in [2.75, 3.05) is 31.6 Å². The molecule has 2 heterocycles. The van der Waals surface area contributed by atoms with Gasteiger partial charge >= 0.3 is 0 Å². The summed E-state index contributed by atoms with van der Waals surface area (Å²) in [6.07, 6.45) is 1.66. The molecule has 126 valence electrons. The summed E-state index contributed by atoms with van der Waals surface area (Å²) in [5.74, 6) is -0.0607. The van der Waals surface area contributed by atoms with E-state index in [-0.39, 0.29) is 5.91 Å². The summed E-state index contributed by atoms with van der Waals surface area (Å²) in [6.45, 7) is 6.39. The van der Waals surface area contributed by atoms with E-state index in [0.29, 0.717) is 37.0 Å². The number of anilines is 2. The second-order valence-electron chi connectivity index (χ2n) is 5.90. The van der Waals surface area contributed by atoms with Gasteiger partial charge in [0, 0.05) is 13.1 Å². The molecule has 0 saturated carbocycles. The third-order valence-corrected chi connectivity index (χ3v) is 4.28. The average Bonchev–Trinajstić information content (AvgIpc) is 2.59. The van der Waals surface area contributed by atoms with Gasteiger partial charge in [0.05, 0.1) is 35.8 Å². The number of hydrogen-bond donors (Lipinski definition) is 1. The van der Waals surface area contributed by atoms with Crippen LogP contribution in [-0.2, 0) is 4.74 Å². The summed E-state index contributed by atoms with van der Waals surface area (Å²) in [7, 11) is 0. The second kappa shape index (κ2) is 7.20. The first-order valence-electron chi connectivity index (χ1n) is 7.91. The fourth-order valence-electron chi connectivity index (χ4n) is 2.74. The van der Waals surface area contributed by atoms with Crippen LogP contribution in [0.2, 0.25) is 5.02 Å². The number of carbonyl (C=O) groups is 1. The molecule has 3 rings (SSSR count). The predicted octanol–water partition coefficient (Wildman–Crippen LogP) is 3.57. The van der Waals surface area contributed by atoms with E-state index < -0.39 is 0 Å². The van der Waals surface area contributed by atoms with Gasteiger partial charge in [-0.1, -0.05) is 17.7 Å². The van der Waals surface area contributed by atoms with Crippen molar-refractivity contribution in [1.29, 1.82) is 0 Å². The van der Waals surface area contributed by atoms with Gasteiger partial charge in [0.1, 0.15) is 5.69 Å². The van der Waals surface area contributed by atoms with E-state index >= 15 is 0 Å². The number of pyridine rings is 1. The molecule has 0 atom stereocenters. The molecule has 2 aromatic rings. The maximum absolute atomic E-state index is 12.4. The first-order valence-corrected chi connectivity index (χ1v) is 8.29. The first-order chi connectivity index (χ1) is 11.5. The first kappa shape index (κ1) is 16.7. The molecule has 0 aliphatic carbocycles. The number of ether oxygens (including phenoxy) is 1. The number of nitrogens with zero attached hydrogens (tertiary/aromatic N) is 2. The fourth-order valence-corrected chi connectivity index (χ4v) is 3.11. The van der Waals surface area contributed by atoms with Gasteiger partial charge in [-0.05, 0) is 43.2 Å². The van der Waals surface area contributed by atoms with Crippen molar-refractivity contribution in [1.82, 2.24) is 9.88 Å². The van der Waals surface area contributed by atoms with Gasteiger partial charge in [0.25, 0.3) is 5.91 Å². The van der Waals surface area contributed by atoms with Crippen LogP contribution in [0, 0.1) is 13.8 Å². The van der Waals surface area contributed by atoms with E-state index in [4.69, 9.17) is 16.3 Å². The Morgan fingerprint density at radius 1 is 1.25 bits per heavy atom. The number of halogens is 1. The summed E-state index contributed by atoms with van der Waals surface area (Å²) in [6, 6.07) is 7.56. The molecule has 0 spiro atoms. The van der Waals surface area contributed by atoms with Crippen molar-refractivity contribution in [3.05, 3.63) is 52.3 Å². The summed E-state index contributed by atoms with van der Waals surface area (Å²) in [4.78, 5) is 18.4. The molecule has 24 heavy (non-hydrogen) atoms. The molecule has 1 aliphatic rings. The van der Waals surface area contributed by atoms with Crippen molar-refractivity contribution >= 4 is 28.9 Å². The molecule has 1 aromatic heterocycles. The number of rotatable bonds is 3. The van der Waals surface area contributed by atoms with Crippen molar-refractivity contribution in [3.63, 3.8) is 0 Å². The minimum Gasteiger partial charge on any atom is -0.378 e. The minimum absolute atomic E-state index is 0.0607. The van der Waals surface area contributed by atoms with Crippen LogP contribution >= 0.6 is 11.6 Å². The van der Waals surface area contributed by atoms with E-state index in [2.05, 4.69) is 16.4 Å². The Balaban J connectivity index is 1.74. The zero-order chi connectivity index (χ0) is 17.1. The summed E-state index contributed by atoms with van der Waals surface area (Å²) in [5, 5.41) is 3.94. The molecule has 1 saturated heterocycles. The maximum atomic E-state index is 12.4. The monoisotopic (exact) mass is 345 g/mol. The Morgan fingerprint density at radius 2 is 2.00 bits per heavy atom. The van der Waals surface area contributed by atoms with Gasteiger partial charge in [0.2, 0.25) is 0 Å². The van der Waals surface area contributed by atoms with Crippen LogP contribution in [-0.4, -0.2) is 42.1 Å². The Bertz CT molecular complexity index is 717. The Hall–Kier alpha value is -2.11. The van der Waals surface area contributed by atoms with Gasteiger partial charge in [-0.2, -0.15) is 0 Å². The zero-order valence-corrected chi connectivity index (χ0v) is 14.6. The molecule has 1 fully saturated rings. The van der Waals surface area contributed by atoms with Gasteiger partial charge in [0.15, 0.2) is 0 Å². The van der Waals surface area contributed by atoms with Crippen molar-refractivity contribution in [2.45, 2.75) is 13.8 Å². The highest BCUT2D eigenvalue weighted by atomic mass is 35.5. The minimum atomic E-state index is -0.0607. The standard InChI is InChI=1S/C18H20ClN3O2/c1-12-9-13(2)17(15(19)10-12)21-14-3-4-16(20-11-14)18(23)22-5-7-24-8-6-22/h3-4,9-11,21H,5-8H2,1-2H3. The lowest BCUT2D eigenvalue weighted by atomic mass is 10.1. The Morgan fingerprint density at radius 3 is 2.62 bits per heavy atom. The highest BCUT2D eigenvalue weighted by molar-refractivity contribution is 6.33. The number of morpholine rings is 1. The Labute approximate surface area is 146 Å². The normalized spacial score (nSPS) is 14.5. The third-order valence-electron chi connectivity index (χ3n) is 3.98. The highest BCUT2D eigenvalue weighted by Gasteiger charge is 2.19. The van der Waals surface area contributed by atoms with Gasteiger partial charge in [-0.15, -0.1) is 0 Å². The lowest BCUT2D eigenvalue weighted by molar-refractivity contribution is 0.0299. The zero-order valence-electron chi connectivity index (χ0n) is 13.8. The van der Waals surface area contributed by atoms with E-state index in [9.17, 15) is 4.79 Å². The van der Waals surface area contributed by atoms with Gasteiger partial charge in [-0.25, -0.2) is 4.98 Å². The Kier molecular flexibility index (Phi) is 5.02. The lowest BCUT2D eigenvalue weighted by Gasteiger charge is -2.26. The highest BCUT2D eigenvalue weighted by Crippen LogP contribution is 2.30. The number of aromatic nitrogens is 1. The summed E-state index contributed by atoms with van der Waals surface area (Å²) < 4.78 is 5.27. The molecule has 1 aliphatic heterocycles. The molecule has 0 bridgehead atoms. The largest absolute Gasteiger partial charge is 0.378 e. The molecular formula is C18H20ClN3O2. The topological polar surface area (TPSA) is 54.5 Å². The number of amides is 1. The van der Waals surface area contributed by atoms with Crippen LogP contribution in [0.5, 0.6) is 0 Å². The fraction of sp³-hybridized carbons (Fsp3) is 0.333. The van der Waals surface area contributed by atoms with Crippen LogP contribution in [0.25, 0.3) is 0 Å². The van der Waals surface area contributed by atoms with Crippen LogP contribution in [0.1, 0.15) is 21.6 Å². The molecule has 1 aromatic carbocycles. The smallest absolute Gasteiger partial charge is 0.272 e. The average molecular weight is 346 g/mol. The molecule has 6 heteroatoms. The van der Waals surface area contributed by atoms with Crippen LogP contribution in [0.4, 0.5) is 11.4 Å². The molecule has 0 radical (unpaired) electrons. The quantitative estimate of drug-likeness (QED) is 0.924.